The molecule has 0 bridgehead atoms. The molecule has 0 aromatic heterocycles. The van der Waals surface area contributed by atoms with E-state index in [9.17, 15) is 0 Å². The Labute approximate surface area is 99.8 Å². The van der Waals surface area contributed by atoms with E-state index >= 15 is 0 Å². The fourth-order valence-electron chi connectivity index (χ4n) is 1.78. The Hall–Kier alpha value is -1.32. The van der Waals surface area contributed by atoms with E-state index in [0.717, 1.165) is 30.6 Å². The zero-order valence-corrected chi connectivity index (χ0v) is 9.64. The highest BCUT2D eigenvalue weighted by molar-refractivity contribution is 6.34. The lowest BCUT2D eigenvalue weighted by Gasteiger charge is -2.16. The molecule has 1 aromatic carbocycles. The van der Waals surface area contributed by atoms with Gasteiger partial charge in [-0.05, 0) is 24.6 Å². The molecule has 4 heteroatoms. The van der Waals surface area contributed by atoms with Gasteiger partial charge in [0.25, 0.3) is 0 Å². The molecule has 0 fully saturated rings. The topological polar surface area (TPSA) is 61.9 Å². The summed E-state index contributed by atoms with van der Waals surface area (Å²) >= 11 is 5.94. The Kier molecular flexibility index (Phi) is 3.27. The number of nitrogen functional groups attached to an aromatic ring is 1. The van der Waals surface area contributed by atoms with Crippen molar-refractivity contribution in [2.45, 2.75) is 6.42 Å². The summed E-state index contributed by atoms with van der Waals surface area (Å²) in [6.45, 7) is 1.73. The maximum atomic E-state index is 8.13. The molecule has 84 valence electrons. The highest BCUT2D eigenvalue weighted by Crippen LogP contribution is 2.25. The summed E-state index contributed by atoms with van der Waals surface area (Å²) in [5.41, 5.74) is 8.61. The summed E-state index contributed by atoms with van der Waals surface area (Å²) in [7, 11) is 0. The van der Waals surface area contributed by atoms with E-state index in [0.29, 0.717) is 16.4 Å². The van der Waals surface area contributed by atoms with Crippen molar-refractivity contribution in [2.24, 2.45) is 0 Å². The lowest BCUT2D eigenvalue weighted by atomic mass is 9.97. The number of rotatable bonds is 2. The molecular weight excluding hydrogens is 222 g/mol. The molecule has 0 saturated carbocycles. The first kappa shape index (κ1) is 11.2. The zero-order chi connectivity index (χ0) is 11.5. The van der Waals surface area contributed by atoms with Crippen molar-refractivity contribution < 1.29 is 0 Å². The van der Waals surface area contributed by atoms with Crippen molar-refractivity contribution in [2.75, 3.05) is 18.8 Å². The van der Waals surface area contributed by atoms with Gasteiger partial charge in [0.15, 0.2) is 0 Å². The normalized spacial score (nSPS) is 15.7. The van der Waals surface area contributed by atoms with E-state index in [2.05, 4.69) is 5.32 Å². The van der Waals surface area contributed by atoms with E-state index in [4.69, 9.17) is 22.7 Å². The zero-order valence-electron chi connectivity index (χ0n) is 8.89. The van der Waals surface area contributed by atoms with Crippen LogP contribution < -0.4 is 11.1 Å². The van der Waals surface area contributed by atoms with Crippen LogP contribution in [0.5, 0.6) is 0 Å². The smallest absolute Gasteiger partial charge is 0.0663 e. The Morgan fingerprint density at radius 3 is 2.94 bits per heavy atom. The first-order valence-electron chi connectivity index (χ1n) is 5.23. The monoisotopic (exact) mass is 235 g/mol. The molecule has 0 unspecified atom stereocenters. The first-order valence-corrected chi connectivity index (χ1v) is 5.61. The minimum atomic E-state index is 0.488. The summed E-state index contributed by atoms with van der Waals surface area (Å²) in [5, 5.41) is 11.9. The summed E-state index contributed by atoms with van der Waals surface area (Å²) in [5.74, 6) is 0. The van der Waals surface area contributed by atoms with Crippen LogP contribution >= 0.6 is 11.6 Å². The average molecular weight is 236 g/mol. The van der Waals surface area contributed by atoms with Crippen LogP contribution in [0.25, 0.3) is 0 Å². The van der Waals surface area contributed by atoms with Gasteiger partial charge in [-0.15, -0.1) is 0 Å². The standard InChI is InChI=1S/C12H14ClN3/c13-10-3-1-2-9(12(10)15)11(14)8-4-6-16-7-5-8/h1-4,14,16H,5-7,15H2. The summed E-state index contributed by atoms with van der Waals surface area (Å²) < 4.78 is 0. The van der Waals surface area contributed by atoms with Crippen LogP contribution in [-0.4, -0.2) is 18.8 Å². The van der Waals surface area contributed by atoms with Crippen LogP contribution in [0.2, 0.25) is 5.02 Å². The van der Waals surface area contributed by atoms with Crippen molar-refractivity contribution in [3.8, 4) is 0 Å². The summed E-state index contributed by atoms with van der Waals surface area (Å²) in [6, 6.07) is 5.40. The second-order valence-corrected chi connectivity index (χ2v) is 4.17. The number of nitrogens with one attached hydrogen (secondary N) is 2. The van der Waals surface area contributed by atoms with Gasteiger partial charge >= 0.3 is 0 Å². The highest BCUT2D eigenvalue weighted by Gasteiger charge is 2.14. The molecule has 4 N–H and O–H groups in total. The number of nitrogens with two attached hydrogens (primary N) is 1. The van der Waals surface area contributed by atoms with Crippen LogP contribution in [0.15, 0.2) is 29.8 Å². The summed E-state index contributed by atoms with van der Waals surface area (Å²) in [6.07, 6.45) is 2.90. The summed E-state index contributed by atoms with van der Waals surface area (Å²) in [4.78, 5) is 0. The van der Waals surface area contributed by atoms with Crippen LogP contribution in [0.3, 0.4) is 0 Å². The van der Waals surface area contributed by atoms with Gasteiger partial charge in [0, 0.05) is 12.1 Å². The first-order chi connectivity index (χ1) is 7.70. The minimum absolute atomic E-state index is 0.488. The number of para-hydroxylation sites is 1. The molecular formula is C12H14ClN3. The predicted octanol–water partition coefficient (Wildman–Crippen LogP) is 2.21. The van der Waals surface area contributed by atoms with Crippen molar-refractivity contribution in [1.82, 2.24) is 5.32 Å². The highest BCUT2D eigenvalue weighted by atomic mass is 35.5. The molecule has 0 amide bonds. The third-order valence-corrected chi connectivity index (χ3v) is 3.04. The van der Waals surface area contributed by atoms with Gasteiger partial charge in [0.05, 0.1) is 16.4 Å². The molecule has 0 spiro atoms. The molecule has 2 rings (SSSR count). The largest absolute Gasteiger partial charge is 0.397 e. The number of anilines is 1. The van der Waals surface area contributed by atoms with Gasteiger partial charge in [0.1, 0.15) is 0 Å². The van der Waals surface area contributed by atoms with E-state index in [-0.39, 0.29) is 0 Å². The fraction of sp³-hybridized carbons (Fsp3) is 0.250. The lowest BCUT2D eigenvalue weighted by molar-refractivity contribution is 0.717. The van der Waals surface area contributed by atoms with Gasteiger partial charge in [-0.1, -0.05) is 29.8 Å². The van der Waals surface area contributed by atoms with Crippen LogP contribution in [0.4, 0.5) is 5.69 Å². The van der Waals surface area contributed by atoms with Crippen LogP contribution in [0, 0.1) is 5.41 Å². The Balaban J connectivity index is 2.33. The van der Waals surface area contributed by atoms with Crippen molar-refractivity contribution in [3.05, 3.63) is 40.4 Å². The van der Waals surface area contributed by atoms with E-state index in [1.165, 1.54) is 0 Å². The Bertz CT molecular complexity index is 452. The fourth-order valence-corrected chi connectivity index (χ4v) is 1.95. The molecule has 1 aromatic rings. The molecule has 1 aliphatic heterocycles. The third kappa shape index (κ3) is 2.10. The SMILES string of the molecule is N=C(C1=CCNCC1)c1cccc(Cl)c1N. The van der Waals surface area contributed by atoms with Gasteiger partial charge in [-0.25, -0.2) is 0 Å². The van der Waals surface area contributed by atoms with Gasteiger partial charge in [-0.3, -0.25) is 5.41 Å². The quantitative estimate of drug-likeness (QED) is 0.544. The van der Waals surface area contributed by atoms with E-state index in [1.807, 2.05) is 18.2 Å². The van der Waals surface area contributed by atoms with Gasteiger partial charge < -0.3 is 11.1 Å². The number of hydrogen-bond donors (Lipinski definition) is 3. The van der Waals surface area contributed by atoms with Crippen LogP contribution in [0.1, 0.15) is 12.0 Å². The number of benzene rings is 1. The van der Waals surface area contributed by atoms with Crippen molar-refractivity contribution >= 4 is 23.0 Å². The lowest BCUT2D eigenvalue weighted by Crippen LogP contribution is -2.23. The average Bonchev–Trinajstić information content (AvgIpc) is 2.33. The van der Waals surface area contributed by atoms with Gasteiger partial charge in [-0.2, -0.15) is 0 Å². The molecule has 16 heavy (non-hydrogen) atoms. The predicted molar refractivity (Wildman–Crippen MR) is 68.3 cm³/mol. The maximum absolute atomic E-state index is 8.13. The molecule has 0 atom stereocenters. The molecule has 0 saturated heterocycles. The minimum Gasteiger partial charge on any atom is -0.397 e. The van der Waals surface area contributed by atoms with Crippen molar-refractivity contribution in [3.63, 3.8) is 0 Å². The molecule has 3 nitrogen and oxygen atoms in total. The molecule has 1 aliphatic rings. The second kappa shape index (κ2) is 4.68. The Morgan fingerprint density at radius 2 is 2.25 bits per heavy atom. The molecule has 1 heterocycles. The van der Waals surface area contributed by atoms with Gasteiger partial charge in [0.2, 0.25) is 0 Å². The van der Waals surface area contributed by atoms with Crippen molar-refractivity contribution in [1.29, 1.82) is 5.41 Å². The number of hydrogen-bond acceptors (Lipinski definition) is 3. The molecule has 0 aliphatic carbocycles. The third-order valence-electron chi connectivity index (χ3n) is 2.71. The maximum Gasteiger partial charge on any atom is 0.0663 e. The van der Waals surface area contributed by atoms with E-state index < -0.39 is 0 Å². The second-order valence-electron chi connectivity index (χ2n) is 3.76. The Morgan fingerprint density at radius 1 is 1.44 bits per heavy atom. The van der Waals surface area contributed by atoms with Crippen LogP contribution in [-0.2, 0) is 0 Å². The number of halogens is 1. The molecule has 0 radical (unpaired) electrons. The van der Waals surface area contributed by atoms with E-state index in [1.54, 1.807) is 6.07 Å².